The topological polar surface area (TPSA) is 70.2 Å². The standard InChI is InChI=1S/C23H24ClN3O2/c24-19-7-3-1-5-15(19)13-25-21(28)18-11-16-10-9-14(18)12-23(16)26-20-8-4-2-6-17(20)22(29)27-23/h1-8,14,16,18,26H,9-13H2,(H,25,28)(H,27,29)/t14-,16-,18-,23-/m1/s1. The number of carbonyl (C=O) groups is 2. The Labute approximate surface area is 175 Å². The van der Waals surface area contributed by atoms with Crippen LogP contribution in [-0.2, 0) is 11.3 Å². The fourth-order valence-corrected chi connectivity index (χ4v) is 5.62. The van der Waals surface area contributed by atoms with Crippen molar-refractivity contribution in [2.45, 2.75) is 37.9 Å². The van der Waals surface area contributed by atoms with E-state index in [9.17, 15) is 9.59 Å². The van der Waals surface area contributed by atoms with Crippen molar-refractivity contribution in [3.63, 3.8) is 0 Å². The van der Waals surface area contributed by atoms with E-state index in [1.807, 2.05) is 48.5 Å². The normalized spacial score (nSPS) is 29.7. The molecule has 1 spiro atoms. The van der Waals surface area contributed by atoms with Crippen LogP contribution in [-0.4, -0.2) is 17.5 Å². The van der Waals surface area contributed by atoms with Crippen LogP contribution in [0.3, 0.4) is 0 Å². The molecule has 0 saturated heterocycles. The first kappa shape index (κ1) is 18.5. The van der Waals surface area contributed by atoms with Gasteiger partial charge in [-0.2, -0.15) is 0 Å². The lowest BCUT2D eigenvalue weighted by molar-refractivity contribution is -0.132. The van der Waals surface area contributed by atoms with E-state index in [0.29, 0.717) is 17.1 Å². The van der Waals surface area contributed by atoms with E-state index in [-0.39, 0.29) is 29.6 Å². The third-order valence-corrected chi connectivity index (χ3v) is 7.26. The molecule has 150 valence electrons. The van der Waals surface area contributed by atoms with Crippen molar-refractivity contribution in [3.8, 4) is 0 Å². The summed E-state index contributed by atoms with van der Waals surface area (Å²) in [4.78, 5) is 25.6. The summed E-state index contributed by atoms with van der Waals surface area (Å²) in [6, 6.07) is 15.2. The highest BCUT2D eigenvalue weighted by molar-refractivity contribution is 6.31. The minimum absolute atomic E-state index is 0.0160. The highest BCUT2D eigenvalue weighted by Crippen LogP contribution is 2.51. The number of anilines is 1. The molecule has 29 heavy (non-hydrogen) atoms. The van der Waals surface area contributed by atoms with E-state index in [1.54, 1.807) is 0 Å². The van der Waals surface area contributed by atoms with E-state index in [2.05, 4.69) is 16.0 Å². The molecule has 3 N–H and O–H groups in total. The Bertz CT molecular complexity index is 978. The fraction of sp³-hybridized carbons (Fsp3) is 0.391. The maximum Gasteiger partial charge on any atom is 0.255 e. The van der Waals surface area contributed by atoms with Gasteiger partial charge in [0, 0.05) is 29.1 Å². The molecule has 2 bridgehead atoms. The van der Waals surface area contributed by atoms with Crippen LogP contribution in [0, 0.1) is 17.8 Å². The minimum Gasteiger partial charge on any atom is -0.362 e. The molecule has 6 rings (SSSR count). The number of nitrogens with one attached hydrogen (secondary N) is 3. The molecule has 0 unspecified atom stereocenters. The van der Waals surface area contributed by atoms with Gasteiger partial charge in [-0.25, -0.2) is 0 Å². The van der Waals surface area contributed by atoms with Gasteiger partial charge < -0.3 is 16.0 Å². The second-order valence-corrected chi connectivity index (χ2v) is 8.89. The number of benzene rings is 2. The number of amides is 2. The molecule has 1 heterocycles. The highest BCUT2D eigenvalue weighted by atomic mass is 35.5. The molecule has 1 aliphatic heterocycles. The lowest BCUT2D eigenvalue weighted by Gasteiger charge is -2.56. The summed E-state index contributed by atoms with van der Waals surface area (Å²) in [5.41, 5.74) is 2.07. The van der Waals surface area contributed by atoms with Gasteiger partial charge in [0.2, 0.25) is 5.91 Å². The van der Waals surface area contributed by atoms with Gasteiger partial charge in [-0.05, 0) is 55.4 Å². The molecule has 0 radical (unpaired) electrons. The molecule has 6 heteroatoms. The molecule has 0 aromatic heterocycles. The quantitative estimate of drug-likeness (QED) is 0.719. The zero-order chi connectivity index (χ0) is 20.0. The summed E-state index contributed by atoms with van der Waals surface area (Å²) in [7, 11) is 0. The van der Waals surface area contributed by atoms with Crippen molar-refractivity contribution in [3.05, 3.63) is 64.7 Å². The van der Waals surface area contributed by atoms with Gasteiger partial charge >= 0.3 is 0 Å². The SMILES string of the molecule is O=C1N[C@@]2(C[C@H]3CC[C@@H]2C[C@H]3C(=O)NCc2ccccc2Cl)Nc2ccccc21. The molecule has 5 nitrogen and oxygen atoms in total. The number of hydrogen-bond acceptors (Lipinski definition) is 3. The Morgan fingerprint density at radius 3 is 2.69 bits per heavy atom. The maximum atomic E-state index is 12.9. The van der Waals surface area contributed by atoms with Crippen molar-refractivity contribution in [2.24, 2.45) is 17.8 Å². The lowest BCUT2D eigenvalue weighted by atomic mass is 9.58. The molecule has 2 aromatic rings. The van der Waals surface area contributed by atoms with Crippen LogP contribution in [0.4, 0.5) is 5.69 Å². The first-order valence-electron chi connectivity index (χ1n) is 10.3. The summed E-state index contributed by atoms with van der Waals surface area (Å²) < 4.78 is 0. The molecule has 3 aliphatic carbocycles. The van der Waals surface area contributed by atoms with E-state index in [1.165, 1.54) is 0 Å². The summed E-state index contributed by atoms with van der Waals surface area (Å²) in [5, 5.41) is 10.6. The Morgan fingerprint density at radius 1 is 1.10 bits per heavy atom. The van der Waals surface area contributed by atoms with Gasteiger partial charge in [-0.1, -0.05) is 41.9 Å². The van der Waals surface area contributed by atoms with Crippen molar-refractivity contribution in [1.29, 1.82) is 0 Å². The molecule has 4 atom stereocenters. The zero-order valence-corrected chi connectivity index (χ0v) is 16.8. The van der Waals surface area contributed by atoms with Crippen molar-refractivity contribution < 1.29 is 9.59 Å². The average molecular weight is 410 g/mol. The number of hydrogen-bond donors (Lipinski definition) is 3. The molecule has 4 aliphatic rings. The summed E-state index contributed by atoms with van der Waals surface area (Å²) in [5.74, 6) is 0.548. The number of fused-ring (bicyclic) bond motifs is 3. The van der Waals surface area contributed by atoms with Crippen molar-refractivity contribution >= 4 is 29.1 Å². The number of carbonyl (C=O) groups excluding carboxylic acids is 2. The van der Waals surface area contributed by atoms with Crippen LogP contribution >= 0.6 is 11.6 Å². The highest BCUT2D eigenvalue weighted by Gasteiger charge is 2.55. The molecule has 2 amide bonds. The van der Waals surface area contributed by atoms with E-state index in [0.717, 1.165) is 36.9 Å². The predicted octanol–water partition coefficient (Wildman–Crippen LogP) is 3.94. The smallest absolute Gasteiger partial charge is 0.255 e. The van der Waals surface area contributed by atoms with Gasteiger partial charge in [-0.3, -0.25) is 9.59 Å². The molecular formula is C23H24ClN3O2. The number of para-hydroxylation sites is 1. The predicted molar refractivity (Wildman–Crippen MR) is 112 cm³/mol. The lowest BCUT2D eigenvalue weighted by Crippen LogP contribution is -2.68. The first-order valence-corrected chi connectivity index (χ1v) is 10.6. The third kappa shape index (κ3) is 3.18. The average Bonchev–Trinajstić information content (AvgIpc) is 2.73. The minimum atomic E-state index is -0.437. The van der Waals surface area contributed by atoms with Crippen LogP contribution in [0.25, 0.3) is 0 Å². The fourth-order valence-electron chi connectivity index (χ4n) is 5.42. The van der Waals surface area contributed by atoms with Gasteiger partial charge in [0.05, 0.1) is 5.56 Å². The molecule has 3 saturated carbocycles. The van der Waals surface area contributed by atoms with Crippen molar-refractivity contribution in [1.82, 2.24) is 10.6 Å². The molecule has 2 aromatic carbocycles. The Balaban J connectivity index is 1.30. The summed E-state index contributed by atoms with van der Waals surface area (Å²) >= 11 is 6.21. The third-order valence-electron chi connectivity index (χ3n) is 6.89. The first-order chi connectivity index (χ1) is 14.1. The Hall–Kier alpha value is -2.53. The van der Waals surface area contributed by atoms with Crippen LogP contribution in [0.2, 0.25) is 5.02 Å². The molecular weight excluding hydrogens is 386 g/mol. The zero-order valence-electron chi connectivity index (χ0n) is 16.1. The van der Waals surface area contributed by atoms with Gasteiger partial charge in [0.1, 0.15) is 5.66 Å². The van der Waals surface area contributed by atoms with Crippen LogP contribution in [0.15, 0.2) is 48.5 Å². The number of rotatable bonds is 3. The van der Waals surface area contributed by atoms with E-state index in [4.69, 9.17) is 11.6 Å². The van der Waals surface area contributed by atoms with Gasteiger partial charge in [-0.15, -0.1) is 0 Å². The van der Waals surface area contributed by atoms with Crippen LogP contribution < -0.4 is 16.0 Å². The largest absolute Gasteiger partial charge is 0.362 e. The Morgan fingerprint density at radius 2 is 1.90 bits per heavy atom. The maximum absolute atomic E-state index is 12.9. The van der Waals surface area contributed by atoms with Crippen molar-refractivity contribution in [2.75, 3.05) is 5.32 Å². The van der Waals surface area contributed by atoms with E-state index < -0.39 is 5.66 Å². The van der Waals surface area contributed by atoms with Gasteiger partial charge in [0.25, 0.3) is 5.91 Å². The van der Waals surface area contributed by atoms with E-state index >= 15 is 0 Å². The monoisotopic (exact) mass is 409 g/mol. The van der Waals surface area contributed by atoms with Crippen LogP contribution in [0.5, 0.6) is 0 Å². The second-order valence-electron chi connectivity index (χ2n) is 8.49. The van der Waals surface area contributed by atoms with Crippen LogP contribution in [0.1, 0.15) is 41.6 Å². The summed E-state index contributed by atoms with van der Waals surface area (Å²) in [6.07, 6.45) is 3.61. The second kappa shape index (κ2) is 7.06. The molecule has 3 fully saturated rings. The van der Waals surface area contributed by atoms with Gasteiger partial charge in [0.15, 0.2) is 0 Å². The summed E-state index contributed by atoms with van der Waals surface area (Å²) in [6.45, 7) is 0.444. The Kier molecular flexibility index (Phi) is 4.50. The number of halogens is 1.